The molecule has 1 saturated heterocycles. The van der Waals surface area contributed by atoms with Gasteiger partial charge < -0.3 is 9.88 Å². The molecule has 0 bridgehead atoms. The number of hydrogen-bond donors (Lipinski definition) is 1. The Morgan fingerprint density at radius 2 is 1.94 bits per heavy atom. The van der Waals surface area contributed by atoms with Gasteiger partial charge in [0.05, 0.1) is 28.7 Å². The van der Waals surface area contributed by atoms with Crippen molar-refractivity contribution in [1.82, 2.24) is 34.5 Å². The normalized spacial score (nSPS) is 16.2. The second-order valence-electron chi connectivity index (χ2n) is 8.86. The van der Waals surface area contributed by atoms with Gasteiger partial charge in [0.15, 0.2) is 11.5 Å². The van der Waals surface area contributed by atoms with Crippen molar-refractivity contribution < 1.29 is 9.18 Å². The third-order valence-corrected chi connectivity index (χ3v) is 6.36. The Hall–Kier alpha value is -4.34. The van der Waals surface area contributed by atoms with Gasteiger partial charge in [-0.05, 0) is 48.7 Å². The SMILES string of the molecule is CC(C)c1c(N2CCC(n3nc(-c4ncc[nH]4)c4cccnc43)C2=O)cnn1-c1ccc(F)cc1. The van der Waals surface area contributed by atoms with Gasteiger partial charge in [0.1, 0.15) is 17.6 Å². The fourth-order valence-corrected chi connectivity index (χ4v) is 4.78. The van der Waals surface area contributed by atoms with E-state index in [0.29, 0.717) is 30.1 Å². The molecule has 0 radical (unpaired) electrons. The molecule has 1 amide bonds. The molecule has 1 fully saturated rings. The number of H-pyrrole nitrogens is 1. The molecule has 0 spiro atoms. The summed E-state index contributed by atoms with van der Waals surface area (Å²) in [6.07, 6.45) is 7.42. The van der Waals surface area contributed by atoms with Crippen LogP contribution in [-0.2, 0) is 4.79 Å². The first-order valence-electron chi connectivity index (χ1n) is 11.5. The van der Waals surface area contributed by atoms with Gasteiger partial charge >= 0.3 is 0 Å². The zero-order valence-corrected chi connectivity index (χ0v) is 19.3. The molecule has 1 aliphatic heterocycles. The van der Waals surface area contributed by atoms with Crippen LogP contribution in [0.2, 0.25) is 0 Å². The third kappa shape index (κ3) is 3.40. The van der Waals surface area contributed by atoms with Crippen molar-refractivity contribution in [2.45, 2.75) is 32.2 Å². The Morgan fingerprint density at radius 1 is 1.11 bits per heavy atom. The summed E-state index contributed by atoms with van der Waals surface area (Å²) < 4.78 is 17.0. The number of benzene rings is 1. The van der Waals surface area contributed by atoms with Gasteiger partial charge in [0, 0.05) is 25.1 Å². The number of rotatable bonds is 5. The summed E-state index contributed by atoms with van der Waals surface area (Å²) in [5.41, 5.74) is 3.70. The molecule has 5 aromatic rings. The number of nitrogens with zero attached hydrogens (tertiary/aromatic N) is 7. The van der Waals surface area contributed by atoms with Crippen LogP contribution < -0.4 is 4.90 Å². The van der Waals surface area contributed by atoms with E-state index < -0.39 is 6.04 Å². The maximum Gasteiger partial charge on any atom is 0.252 e. The molecular weight excluding hydrogens is 447 g/mol. The number of pyridine rings is 1. The van der Waals surface area contributed by atoms with E-state index in [2.05, 4.69) is 33.9 Å². The highest BCUT2D eigenvalue weighted by atomic mass is 19.1. The van der Waals surface area contributed by atoms with Crippen molar-refractivity contribution >= 4 is 22.6 Å². The lowest BCUT2D eigenvalue weighted by Crippen LogP contribution is -2.29. The number of fused-ring (bicyclic) bond motifs is 1. The Balaban J connectivity index is 1.39. The molecule has 1 atom stereocenters. The molecule has 35 heavy (non-hydrogen) atoms. The second kappa shape index (κ2) is 8.15. The number of carbonyl (C=O) groups is 1. The summed E-state index contributed by atoms with van der Waals surface area (Å²) in [5, 5.41) is 10.2. The fourth-order valence-electron chi connectivity index (χ4n) is 4.78. The van der Waals surface area contributed by atoms with Crippen LogP contribution in [-0.4, -0.2) is 47.0 Å². The number of aromatic nitrogens is 7. The summed E-state index contributed by atoms with van der Waals surface area (Å²) in [6, 6.07) is 9.47. The standard InChI is InChI=1S/C25H23FN8O/c1-15(2)22-20(14-30-33(22)17-7-5-16(26)6-8-17)32-13-9-19(25(32)35)34-24-18(4-3-10-29-24)21(31-34)23-27-11-12-28-23/h3-8,10-12,14-15,19H,9,13H2,1-2H3,(H,27,28). The molecule has 5 heterocycles. The van der Waals surface area contributed by atoms with E-state index >= 15 is 0 Å². The number of imidazole rings is 1. The van der Waals surface area contributed by atoms with Crippen LogP contribution in [0, 0.1) is 5.82 Å². The topological polar surface area (TPSA) is 97.5 Å². The average molecular weight is 471 g/mol. The van der Waals surface area contributed by atoms with Crippen LogP contribution >= 0.6 is 0 Å². The molecule has 4 aromatic heterocycles. The Labute approximate surface area is 200 Å². The lowest BCUT2D eigenvalue weighted by atomic mass is 10.1. The first-order chi connectivity index (χ1) is 17.0. The van der Waals surface area contributed by atoms with Crippen LogP contribution in [0.5, 0.6) is 0 Å². The predicted molar refractivity (Wildman–Crippen MR) is 129 cm³/mol. The highest BCUT2D eigenvalue weighted by molar-refractivity contribution is 6.00. The van der Waals surface area contributed by atoms with Crippen molar-refractivity contribution in [3.63, 3.8) is 0 Å². The third-order valence-electron chi connectivity index (χ3n) is 6.36. The van der Waals surface area contributed by atoms with Crippen molar-refractivity contribution in [3.8, 4) is 17.2 Å². The zero-order valence-electron chi connectivity index (χ0n) is 19.3. The van der Waals surface area contributed by atoms with Crippen molar-refractivity contribution in [1.29, 1.82) is 0 Å². The lowest BCUT2D eigenvalue weighted by molar-refractivity contribution is -0.120. The number of amides is 1. The molecule has 9 nitrogen and oxygen atoms in total. The van der Waals surface area contributed by atoms with Gasteiger partial charge in [-0.1, -0.05) is 13.8 Å². The van der Waals surface area contributed by atoms with Crippen molar-refractivity contribution in [2.75, 3.05) is 11.4 Å². The largest absolute Gasteiger partial charge is 0.343 e. The zero-order chi connectivity index (χ0) is 24.1. The van der Waals surface area contributed by atoms with Crippen LogP contribution in [0.1, 0.15) is 37.9 Å². The van der Waals surface area contributed by atoms with Crippen LogP contribution in [0.3, 0.4) is 0 Å². The highest BCUT2D eigenvalue weighted by Crippen LogP contribution is 2.37. The molecule has 10 heteroatoms. The molecule has 0 aliphatic carbocycles. The van der Waals surface area contributed by atoms with E-state index in [9.17, 15) is 9.18 Å². The van der Waals surface area contributed by atoms with Crippen molar-refractivity contribution in [2.24, 2.45) is 0 Å². The predicted octanol–water partition coefficient (Wildman–Crippen LogP) is 4.25. The fraction of sp³-hybridized carbons (Fsp3) is 0.240. The number of anilines is 1. The minimum absolute atomic E-state index is 0.0633. The number of nitrogens with one attached hydrogen (secondary N) is 1. The van der Waals surface area contributed by atoms with E-state index in [1.807, 2.05) is 12.1 Å². The first-order valence-corrected chi connectivity index (χ1v) is 11.5. The lowest BCUT2D eigenvalue weighted by Gasteiger charge is -2.20. The van der Waals surface area contributed by atoms with E-state index in [1.54, 1.807) is 51.2 Å². The maximum atomic E-state index is 13.7. The average Bonchev–Trinajstić information content (AvgIpc) is 3.64. The Kier molecular flexibility index (Phi) is 4.94. The quantitative estimate of drug-likeness (QED) is 0.414. The maximum absolute atomic E-state index is 13.7. The summed E-state index contributed by atoms with van der Waals surface area (Å²) in [5.74, 6) is 0.347. The number of aromatic amines is 1. The molecule has 0 saturated carbocycles. The Morgan fingerprint density at radius 3 is 2.69 bits per heavy atom. The van der Waals surface area contributed by atoms with Gasteiger partial charge in [-0.2, -0.15) is 10.2 Å². The van der Waals surface area contributed by atoms with Gasteiger partial charge in [0.25, 0.3) is 5.91 Å². The molecule has 1 N–H and O–H groups in total. The molecular formula is C25H23FN8O. The second-order valence-corrected chi connectivity index (χ2v) is 8.86. The van der Waals surface area contributed by atoms with Crippen LogP contribution in [0.15, 0.2) is 61.2 Å². The smallest absolute Gasteiger partial charge is 0.252 e. The molecule has 6 rings (SSSR count). The van der Waals surface area contributed by atoms with E-state index in [4.69, 9.17) is 5.10 Å². The van der Waals surface area contributed by atoms with E-state index in [0.717, 1.165) is 22.5 Å². The minimum atomic E-state index is -0.495. The number of carbonyl (C=O) groups excluding carboxylic acids is 1. The van der Waals surface area contributed by atoms with Crippen LogP contribution in [0.4, 0.5) is 10.1 Å². The number of halogens is 1. The minimum Gasteiger partial charge on any atom is -0.343 e. The summed E-state index contributed by atoms with van der Waals surface area (Å²) in [4.78, 5) is 27.5. The Bertz CT molecular complexity index is 1520. The van der Waals surface area contributed by atoms with Gasteiger partial charge in [-0.25, -0.2) is 23.7 Å². The van der Waals surface area contributed by atoms with Crippen molar-refractivity contribution in [3.05, 3.63) is 72.7 Å². The van der Waals surface area contributed by atoms with Gasteiger partial charge in [-0.15, -0.1) is 0 Å². The highest BCUT2D eigenvalue weighted by Gasteiger charge is 2.38. The summed E-state index contributed by atoms with van der Waals surface area (Å²) >= 11 is 0. The molecule has 1 aromatic carbocycles. The van der Waals surface area contributed by atoms with Crippen LogP contribution in [0.25, 0.3) is 28.2 Å². The monoisotopic (exact) mass is 470 g/mol. The molecule has 1 unspecified atom stereocenters. The number of hydrogen-bond acceptors (Lipinski definition) is 5. The summed E-state index contributed by atoms with van der Waals surface area (Å²) in [6.45, 7) is 4.64. The molecule has 1 aliphatic rings. The first kappa shape index (κ1) is 21.2. The van der Waals surface area contributed by atoms with E-state index in [-0.39, 0.29) is 17.6 Å². The van der Waals surface area contributed by atoms with Gasteiger partial charge in [0.2, 0.25) is 0 Å². The molecule has 176 valence electrons. The summed E-state index contributed by atoms with van der Waals surface area (Å²) in [7, 11) is 0. The van der Waals surface area contributed by atoms with E-state index in [1.165, 1.54) is 12.1 Å². The van der Waals surface area contributed by atoms with Gasteiger partial charge in [-0.3, -0.25) is 4.79 Å².